The van der Waals surface area contributed by atoms with Crippen LogP contribution in [0.15, 0.2) is 24.3 Å². The zero-order chi connectivity index (χ0) is 18.0. The van der Waals surface area contributed by atoms with Crippen LogP contribution in [0.5, 0.6) is 0 Å². The fourth-order valence-electron chi connectivity index (χ4n) is 3.93. The summed E-state index contributed by atoms with van der Waals surface area (Å²) in [4.78, 5) is 29.0. The van der Waals surface area contributed by atoms with Gasteiger partial charge in [0.25, 0.3) is 0 Å². The number of benzene rings is 1. The molecule has 2 heterocycles. The van der Waals surface area contributed by atoms with Crippen LogP contribution in [0.25, 0.3) is 0 Å². The van der Waals surface area contributed by atoms with Crippen molar-refractivity contribution in [1.29, 1.82) is 0 Å². The van der Waals surface area contributed by atoms with E-state index < -0.39 is 0 Å². The third-order valence-corrected chi connectivity index (χ3v) is 5.64. The van der Waals surface area contributed by atoms with Crippen LogP contribution >= 0.6 is 0 Å². The SMILES string of the molecule is CCc1ccc(N2CC(C(=O)N3CCCC(C(C)N)C3)CC2=O)cc1. The molecule has 5 heteroatoms. The molecule has 2 aliphatic rings. The van der Waals surface area contributed by atoms with E-state index in [9.17, 15) is 9.59 Å². The van der Waals surface area contributed by atoms with E-state index in [2.05, 4.69) is 19.1 Å². The standard InChI is InChI=1S/C20H29N3O2/c1-3-15-6-8-18(9-7-15)23-13-17(11-19(23)24)20(25)22-10-4-5-16(12-22)14(2)21/h6-9,14,16-17H,3-5,10-13,21H2,1-2H3. The molecule has 2 amide bonds. The molecule has 3 unspecified atom stereocenters. The highest BCUT2D eigenvalue weighted by atomic mass is 16.2. The van der Waals surface area contributed by atoms with Crippen molar-refractivity contribution in [3.63, 3.8) is 0 Å². The number of amides is 2. The lowest BCUT2D eigenvalue weighted by Crippen LogP contribution is -2.47. The lowest BCUT2D eigenvalue weighted by atomic mass is 9.91. The van der Waals surface area contributed by atoms with Gasteiger partial charge in [0, 0.05) is 37.8 Å². The Hall–Kier alpha value is -1.88. The number of nitrogens with two attached hydrogens (primary N) is 1. The van der Waals surface area contributed by atoms with Crippen LogP contribution in [0.2, 0.25) is 0 Å². The molecule has 0 spiro atoms. The maximum atomic E-state index is 12.9. The Morgan fingerprint density at radius 3 is 2.64 bits per heavy atom. The number of piperidine rings is 1. The summed E-state index contributed by atoms with van der Waals surface area (Å²) in [5, 5.41) is 0. The second-order valence-corrected chi connectivity index (χ2v) is 7.47. The van der Waals surface area contributed by atoms with Crippen molar-refractivity contribution in [2.75, 3.05) is 24.5 Å². The number of rotatable bonds is 4. The summed E-state index contributed by atoms with van der Waals surface area (Å²) in [6.45, 7) is 6.13. The van der Waals surface area contributed by atoms with Crippen molar-refractivity contribution in [3.8, 4) is 0 Å². The summed E-state index contributed by atoms with van der Waals surface area (Å²) in [7, 11) is 0. The third kappa shape index (κ3) is 3.87. The minimum Gasteiger partial charge on any atom is -0.342 e. The van der Waals surface area contributed by atoms with Gasteiger partial charge in [0.05, 0.1) is 5.92 Å². The molecule has 0 radical (unpaired) electrons. The van der Waals surface area contributed by atoms with Crippen LogP contribution in [0.1, 0.15) is 38.7 Å². The van der Waals surface area contributed by atoms with Crippen molar-refractivity contribution in [2.24, 2.45) is 17.6 Å². The monoisotopic (exact) mass is 343 g/mol. The van der Waals surface area contributed by atoms with Crippen LogP contribution in [-0.4, -0.2) is 42.4 Å². The number of hydrogen-bond acceptors (Lipinski definition) is 3. The topological polar surface area (TPSA) is 66.6 Å². The normalized spacial score (nSPS) is 25.3. The molecule has 2 aliphatic heterocycles. The molecular weight excluding hydrogens is 314 g/mol. The summed E-state index contributed by atoms with van der Waals surface area (Å²) >= 11 is 0. The molecule has 1 aromatic rings. The Morgan fingerprint density at radius 1 is 1.28 bits per heavy atom. The van der Waals surface area contributed by atoms with Crippen LogP contribution in [0.4, 0.5) is 5.69 Å². The van der Waals surface area contributed by atoms with Crippen molar-refractivity contribution in [2.45, 2.75) is 45.6 Å². The van der Waals surface area contributed by atoms with E-state index in [0.717, 1.165) is 38.0 Å². The lowest BCUT2D eigenvalue weighted by molar-refractivity contribution is -0.137. The van der Waals surface area contributed by atoms with Crippen LogP contribution in [0, 0.1) is 11.8 Å². The second kappa shape index (κ2) is 7.56. The van der Waals surface area contributed by atoms with E-state index in [4.69, 9.17) is 5.73 Å². The highest BCUT2D eigenvalue weighted by molar-refractivity contribution is 6.00. The number of nitrogens with zero attached hydrogens (tertiary/aromatic N) is 2. The van der Waals surface area contributed by atoms with Gasteiger partial charge in [0.2, 0.25) is 11.8 Å². The summed E-state index contributed by atoms with van der Waals surface area (Å²) in [5.41, 5.74) is 8.17. The maximum Gasteiger partial charge on any atom is 0.228 e. The van der Waals surface area contributed by atoms with E-state index in [1.165, 1.54) is 5.56 Å². The highest BCUT2D eigenvalue weighted by Gasteiger charge is 2.38. The Bertz CT molecular complexity index is 626. The number of carbonyl (C=O) groups is 2. The van der Waals surface area contributed by atoms with Gasteiger partial charge in [-0.05, 0) is 49.8 Å². The molecular formula is C20H29N3O2. The molecule has 3 rings (SSSR count). The Morgan fingerprint density at radius 2 is 2.00 bits per heavy atom. The summed E-state index contributed by atoms with van der Waals surface area (Å²) in [5.74, 6) is 0.299. The Kier molecular flexibility index (Phi) is 5.42. The first-order chi connectivity index (χ1) is 12.0. The van der Waals surface area contributed by atoms with Gasteiger partial charge in [-0.2, -0.15) is 0 Å². The third-order valence-electron chi connectivity index (χ3n) is 5.64. The molecule has 2 fully saturated rings. The summed E-state index contributed by atoms with van der Waals surface area (Å²) in [6, 6.07) is 8.17. The van der Waals surface area contributed by atoms with Crippen LogP contribution in [0.3, 0.4) is 0 Å². The Labute approximate surface area is 150 Å². The van der Waals surface area contributed by atoms with Gasteiger partial charge in [-0.1, -0.05) is 19.1 Å². The summed E-state index contributed by atoms with van der Waals surface area (Å²) < 4.78 is 0. The maximum absolute atomic E-state index is 12.9. The van der Waals surface area contributed by atoms with Gasteiger partial charge in [-0.25, -0.2) is 0 Å². The van der Waals surface area contributed by atoms with E-state index in [1.807, 2.05) is 24.0 Å². The molecule has 25 heavy (non-hydrogen) atoms. The average molecular weight is 343 g/mol. The van der Waals surface area contributed by atoms with Gasteiger partial charge in [-0.15, -0.1) is 0 Å². The van der Waals surface area contributed by atoms with E-state index >= 15 is 0 Å². The van der Waals surface area contributed by atoms with Gasteiger partial charge in [-0.3, -0.25) is 9.59 Å². The molecule has 2 N–H and O–H groups in total. The van der Waals surface area contributed by atoms with Gasteiger partial charge in [0.1, 0.15) is 0 Å². The molecule has 0 bridgehead atoms. The van der Waals surface area contributed by atoms with Gasteiger partial charge in [0.15, 0.2) is 0 Å². The first-order valence-corrected chi connectivity index (χ1v) is 9.43. The van der Waals surface area contributed by atoms with Crippen molar-refractivity contribution >= 4 is 17.5 Å². The first kappa shape index (κ1) is 17.9. The number of hydrogen-bond donors (Lipinski definition) is 1. The van der Waals surface area contributed by atoms with E-state index in [0.29, 0.717) is 18.9 Å². The molecule has 3 atom stereocenters. The van der Waals surface area contributed by atoms with Crippen molar-refractivity contribution in [1.82, 2.24) is 4.90 Å². The van der Waals surface area contributed by atoms with Gasteiger partial charge < -0.3 is 15.5 Å². The number of aryl methyl sites for hydroxylation is 1. The zero-order valence-electron chi connectivity index (χ0n) is 15.3. The molecule has 0 saturated carbocycles. The lowest BCUT2D eigenvalue weighted by Gasteiger charge is -2.35. The largest absolute Gasteiger partial charge is 0.342 e. The fraction of sp³-hybridized carbons (Fsp3) is 0.600. The number of likely N-dealkylation sites (tertiary alicyclic amines) is 1. The quantitative estimate of drug-likeness (QED) is 0.911. The first-order valence-electron chi connectivity index (χ1n) is 9.43. The molecule has 5 nitrogen and oxygen atoms in total. The van der Waals surface area contributed by atoms with Crippen molar-refractivity contribution < 1.29 is 9.59 Å². The number of carbonyl (C=O) groups excluding carboxylic acids is 2. The Balaban J connectivity index is 1.66. The predicted molar refractivity (Wildman–Crippen MR) is 99.2 cm³/mol. The van der Waals surface area contributed by atoms with Gasteiger partial charge >= 0.3 is 0 Å². The molecule has 1 aromatic carbocycles. The van der Waals surface area contributed by atoms with Crippen molar-refractivity contribution in [3.05, 3.63) is 29.8 Å². The zero-order valence-corrected chi connectivity index (χ0v) is 15.3. The molecule has 136 valence electrons. The number of anilines is 1. The average Bonchev–Trinajstić information content (AvgIpc) is 3.03. The van der Waals surface area contributed by atoms with E-state index in [1.54, 1.807) is 4.90 Å². The molecule has 0 aliphatic carbocycles. The molecule has 2 saturated heterocycles. The second-order valence-electron chi connectivity index (χ2n) is 7.47. The molecule has 0 aromatic heterocycles. The van der Waals surface area contributed by atoms with Crippen LogP contribution < -0.4 is 10.6 Å². The van der Waals surface area contributed by atoms with Crippen LogP contribution in [-0.2, 0) is 16.0 Å². The highest BCUT2D eigenvalue weighted by Crippen LogP contribution is 2.28. The smallest absolute Gasteiger partial charge is 0.228 e. The minimum absolute atomic E-state index is 0.0448. The predicted octanol–water partition coefficient (Wildman–Crippen LogP) is 2.19. The van der Waals surface area contributed by atoms with E-state index in [-0.39, 0.29) is 23.8 Å². The fourth-order valence-corrected chi connectivity index (χ4v) is 3.93. The minimum atomic E-state index is -0.231. The summed E-state index contributed by atoms with van der Waals surface area (Å²) in [6.07, 6.45) is 3.38.